The van der Waals surface area contributed by atoms with Crippen molar-refractivity contribution in [1.82, 2.24) is 10.6 Å². The number of hydrogen-bond donors (Lipinski definition) is 2. The van der Waals surface area contributed by atoms with Crippen molar-refractivity contribution in [3.63, 3.8) is 0 Å². The number of rotatable bonds is 7. The SMILES string of the molecule is CN=C(NCCc1ccc(C)cc1)NCc1cc2c(cc1OC(F)F)OCO2. The number of nitrogens with one attached hydrogen (secondary N) is 2. The summed E-state index contributed by atoms with van der Waals surface area (Å²) in [6, 6.07) is 11.4. The summed E-state index contributed by atoms with van der Waals surface area (Å²) in [5.74, 6) is 1.50. The lowest BCUT2D eigenvalue weighted by molar-refractivity contribution is -0.0505. The van der Waals surface area contributed by atoms with Crippen LogP contribution in [0.25, 0.3) is 0 Å². The summed E-state index contributed by atoms with van der Waals surface area (Å²) < 4.78 is 40.6. The molecule has 0 radical (unpaired) electrons. The van der Waals surface area contributed by atoms with Crippen LogP contribution in [0.15, 0.2) is 41.4 Å². The molecule has 1 aliphatic rings. The van der Waals surface area contributed by atoms with E-state index < -0.39 is 6.61 Å². The number of guanidine groups is 1. The molecular formula is C20H23F2N3O3. The summed E-state index contributed by atoms with van der Waals surface area (Å²) in [6.07, 6.45) is 0.838. The van der Waals surface area contributed by atoms with Gasteiger partial charge < -0.3 is 24.8 Å². The summed E-state index contributed by atoms with van der Waals surface area (Å²) in [6.45, 7) is 0.108. The summed E-state index contributed by atoms with van der Waals surface area (Å²) in [5, 5.41) is 6.31. The zero-order chi connectivity index (χ0) is 19.9. The lowest BCUT2D eigenvalue weighted by Gasteiger charge is -2.15. The number of aryl methyl sites for hydroxylation is 1. The zero-order valence-electron chi connectivity index (χ0n) is 15.8. The lowest BCUT2D eigenvalue weighted by atomic mass is 10.1. The molecule has 0 saturated heterocycles. The topological polar surface area (TPSA) is 64.1 Å². The number of aliphatic imine (C=N–C) groups is 1. The van der Waals surface area contributed by atoms with Gasteiger partial charge >= 0.3 is 6.61 Å². The molecule has 0 atom stereocenters. The molecule has 0 spiro atoms. The second-order valence-corrected chi connectivity index (χ2v) is 6.28. The fraction of sp³-hybridized carbons (Fsp3) is 0.350. The van der Waals surface area contributed by atoms with E-state index in [9.17, 15) is 8.78 Å². The van der Waals surface area contributed by atoms with Gasteiger partial charge in [-0.3, -0.25) is 4.99 Å². The summed E-state index contributed by atoms with van der Waals surface area (Å²) in [5.41, 5.74) is 2.96. The smallest absolute Gasteiger partial charge is 0.387 e. The molecule has 0 amide bonds. The molecule has 0 aromatic heterocycles. The third kappa shape index (κ3) is 5.25. The fourth-order valence-corrected chi connectivity index (χ4v) is 2.79. The fourth-order valence-electron chi connectivity index (χ4n) is 2.79. The van der Waals surface area contributed by atoms with Gasteiger partial charge in [-0.25, -0.2) is 0 Å². The van der Waals surface area contributed by atoms with E-state index in [1.807, 2.05) is 0 Å². The predicted octanol–water partition coefficient (Wildman–Crippen LogP) is 3.23. The van der Waals surface area contributed by atoms with Crippen molar-refractivity contribution in [3.05, 3.63) is 53.1 Å². The standard InChI is InChI=1S/C20H23F2N3O3/c1-13-3-5-14(6-4-13)7-8-24-20(23-2)25-11-15-9-17-18(27-12-26-17)10-16(15)28-19(21)22/h3-6,9-10,19H,7-8,11-12H2,1-2H3,(H2,23,24,25). The molecule has 2 aromatic rings. The Labute approximate surface area is 162 Å². The van der Waals surface area contributed by atoms with Crippen LogP contribution in [-0.4, -0.2) is 33.0 Å². The first-order valence-electron chi connectivity index (χ1n) is 8.92. The van der Waals surface area contributed by atoms with E-state index in [-0.39, 0.29) is 19.1 Å². The Hall–Kier alpha value is -3.03. The summed E-state index contributed by atoms with van der Waals surface area (Å²) in [7, 11) is 1.65. The third-order valence-electron chi connectivity index (χ3n) is 4.27. The molecule has 1 aliphatic heterocycles. The van der Waals surface area contributed by atoms with E-state index in [2.05, 4.69) is 51.6 Å². The van der Waals surface area contributed by atoms with Crippen molar-refractivity contribution < 1.29 is 23.0 Å². The number of fused-ring (bicyclic) bond motifs is 1. The highest BCUT2D eigenvalue weighted by Crippen LogP contribution is 2.38. The largest absolute Gasteiger partial charge is 0.454 e. The summed E-state index contributed by atoms with van der Waals surface area (Å²) in [4.78, 5) is 4.16. The highest BCUT2D eigenvalue weighted by molar-refractivity contribution is 5.79. The van der Waals surface area contributed by atoms with Crippen molar-refractivity contribution in [1.29, 1.82) is 0 Å². The van der Waals surface area contributed by atoms with Crippen LogP contribution in [0, 0.1) is 6.92 Å². The average molecular weight is 391 g/mol. The van der Waals surface area contributed by atoms with Crippen LogP contribution in [0.2, 0.25) is 0 Å². The Kier molecular flexibility index (Phi) is 6.52. The molecule has 8 heteroatoms. The van der Waals surface area contributed by atoms with Crippen molar-refractivity contribution in [2.24, 2.45) is 4.99 Å². The van der Waals surface area contributed by atoms with Crippen LogP contribution in [0.5, 0.6) is 17.2 Å². The highest BCUT2D eigenvalue weighted by atomic mass is 19.3. The van der Waals surface area contributed by atoms with Gasteiger partial charge in [0.2, 0.25) is 6.79 Å². The molecule has 2 N–H and O–H groups in total. The Balaban J connectivity index is 1.57. The molecule has 1 heterocycles. The van der Waals surface area contributed by atoms with Crippen molar-refractivity contribution in [3.8, 4) is 17.2 Å². The average Bonchev–Trinajstić information content (AvgIpc) is 3.12. The van der Waals surface area contributed by atoms with Crippen LogP contribution < -0.4 is 24.8 Å². The van der Waals surface area contributed by atoms with Crippen molar-refractivity contribution in [2.75, 3.05) is 20.4 Å². The normalized spacial score (nSPS) is 13.0. The minimum atomic E-state index is -2.92. The molecule has 0 aliphatic carbocycles. The maximum Gasteiger partial charge on any atom is 0.387 e. The van der Waals surface area contributed by atoms with Crippen LogP contribution in [0.1, 0.15) is 16.7 Å². The predicted molar refractivity (Wildman–Crippen MR) is 102 cm³/mol. The first kappa shape index (κ1) is 19.7. The number of halogens is 2. The molecule has 6 nitrogen and oxygen atoms in total. The van der Waals surface area contributed by atoms with Crippen LogP contribution in [0.3, 0.4) is 0 Å². The van der Waals surface area contributed by atoms with Crippen molar-refractivity contribution in [2.45, 2.75) is 26.5 Å². The van der Waals surface area contributed by atoms with Gasteiger partial charge in [0.1, 0.15) is 5.75 Å². The van der Waals surface area contributed by atoms with Crippen LogP contribution >= 0.6 is 0 Å². The maximum absolute atomic E-state index is 12.7. The first-order valence-corrected chi connectivity index (χ1v) is 8.92. The number of nitrogens with zero attached hydrogens (tertiary/aromatic N) is 1. The molecule has 3 rings (SSSR count). The van der Waals surface area contributed by atoms with Gasteiger partial charge in [-0.1, -0.05) is 29.8 Å². The second kappa shape index (κ2) is 9.25. The van der Waals surface area contributed by atoms with Crippen LogP contribution in [-0.2, 0) is 13.0 Å². The summed E-state index contributed by atoms with van der Waals surface area (Å²) >= 11 is 0. The van der Waals surface area contributed by atoms with E-state index in [4.69, 9.17) is 9.47 Å². The van der Waals surface area contributed by atoms with Crippen molar-refractivity contribution >= 4 is 5.96 Å². The minimum absolute atomic E-state index is 0.0434. The molecule has 150 valence electrons. The Morgan fingerprint density at radius 3 is 2.54 bits per heavy atom. The van der Waals surface area contributed by atoms with Gasteiger partial charge in [0.25, 0.3) is 0 Å². The number of benzene rings is 2. The zero-order valence-corrected chi connectivity index (χ0v) is 15.8. The van der Waals surface area contributed by atoms with Crippen LogP contribution in [0.4, 0.5) is 8.78 Å². The third-order valence-corrected chi connectivity index (χ3v) is 4.27. The monoisotopic (exact) mass is 391 g/mol. The molecule has 2 aromatic carbocycles. The Morgan fingerprint density at radius 1 is 1.14 bits per heavy atom. The van der Waals surface area contributed by atoms with Gasteiger partial charge in [0.05, 0.1) is 0 Å². The molecular weight excluding hydrogens is 368 g/mol. The van der Waals surface area contributed by atoms with Gasteiger partial charge in [0, 0.05) is 31.8 Å². The first-order chi connectivity index (χ1) is 13.5. The van der Waals surface area contributed by atoms with Gasteiger partial charge in [-0.2, -0.15) is 8.78 Å². The number of alkyl halides is 2. The minimum Gasteiger partial charge on any atom is -0.454 e. The van der Waals surface area contributed by atoms with E-state index in [0.717, 1.165) is 6.42 Å². The van der Waals surface area contributed by atoms with E-state index >= 15 is 0 Å². The van der Waals surface area contributed by atoms with E-state index in [1.54, 1.807) is 13.1 Å². The highest BCUT2D eigenvalue weighted by Gasteiger charge is 2.20. The Bertz CT molecular complexity index is 826. The second-order valence-electron chi connectivity index (χ2n) is 6.28. The number of hydrogen-bond acceptors (Lipinski definition) is 4. The molecule has 0 bridgehead atoms. The Morgan fingerprint density at radius 2 is 1.86 bits per heavy atom. The van der Waals surface area contributed by atoms with Gasteiger partial charge in [-0.15, -0.1) is 0 Å². The van der Waals surface area contributed by atoms with Gasteiger partial charge in [0.15, 0.2) is 17.5 Å². The van der Waals surface area contributed by atoms with E-state index in [1.165, 1.54) is 17.2 Å². The number of ether oxygens (including phenoxy) is 3. The lowest BCUT2D eigenvalue weighted by Crippen LogP contribution is -2.38. The maximum atomic E-state index is 12.7. The molecule has 28 heavy (non-hydrogen) atoms. The molecule has 0 unspecified atom stereocenters. The molecule has 0 saturated carbocycles. The van der Waals surface area contributed by atoms with E-state index in [0.29, 0.717) is 29.6 Å². The molecule has 0 fully saturated rings. The van der Waals surface area contributed by atoms with Gasteiger partial charge in [-0.05, 0) is 25.0 Å². The quantitative estimate of drug-likeness (QED) is 0.561.